The second-order valence-corrected chi connectivity index (χ2v) is 10.1. The van der Waals surface area contributed by atoms with Gasteiger partial charge in [0.1, 0.15) is 5.75 Å². The lowest BCUT2D eigenvalue weighted by molar-refractivity contribution is -0.159. The molecule has 1 aliphatic heterocycles. The highest BCUT2D eigenvalue weighted by molar-refractivity contribution is 6.27. The van der Waals surface area contributed by atoms with Gasteiger partial charge in [-0.1, -0.05) is 32.6 Å². The van der Waals surface area contributed by atoms with Crippen molar-refractivity contribution in [3.8, 4) is 5.75 Å². The van der Waals surface area contributed by atoms with Gasteiger partial charge in [0.2, 0.25) is 0 Å². The Hall–Kier alpha value is -3.28. The Morgan fingerprint density at radius 1 is 1.05 bits per heavy atom. The molecule has 3 N–H and O–H groups in total. The number of aliphatic hydroxyl groups is 1. The van der Waals surface area contributed by atoms with Crippen molar-refractivity contribution >= 4 is 28.8 Å². The molecule has 1 aromatic carbocycles. The Morgan fingerprint density at radius 2 is 1.73 bits per heavy atom. The van der Waals surface area contributed by atoms with Crippen LogP contribution in [-0.2, 0) is 19.1 Å². The number of aliphatic carboxylic acids is 2. The SMILES string of the molecule is CCCCCCCN(CC(=O)OCC)C1CCN(C[C@H](O)c2ccnc3ccc(OC)cc23)CC1.O=C(O)C(=O)O. The number of pyridine rings is 1. The Balaban J connectivity index is 0.000000883. The average molecular weight is 576 g/mol. The molecule has 2 heterocycles. The van der Waals surface area contributed by atoms with E-state index in [9.17, 15) is 9.90 Å². The first kappa shape index (κ1) is 33.9. The van der Waals surface area contributed by atoms with Gasteiger partial charge in [-0.3, -0.25) is 14.7 Å². The molecule has 0 amide bonds. The summed E-state index contributed by atoms with van der Waals surface area (Å²) in [7, 11) is 1.65. The van der Waals surface area contributed by atoms with Crippen molar-refractivity contribution in [3.05, 3.63) is 36.0 Å². The molecular formula is C30H45N3O8. The summed E-state index contributed by atoms with van der Waals surface area (Å²) in [4.78, 5) is 39.5. The van der Waals surface area contributed by atoms with E-state index in [4.69, 9.17) is 29.3 Å². The smallest absolute Gasteiger partial charge is 0.414 e. The molecular weight excluding hydrogens is 530 g/mol. The van der Waals surface area contributed by atoms with E-state index in [1.165, 1.54) is 25.7 Å². The fourth-order valence-electron chi connectivity index (χ4n) is 5.06. The maximum absolute atomic E-state index is 12.2. The molecule has 1 fully saturated rings. The summed E-state index contributed by atoms with van der Waals surface area (Å²) in [5.74, 6) is -3.01. The fourth-order valence-corrected chi connectivity index (χ4v) is 5.06. The molecule has 2 aromatic rings. The van der Waals surface area contributed by atoms with Crippen LogP contribution in [0.4, 0.5) is 0 Å². The Kier molecular flexibility index (Phi) is 15.1. The third-order valence-corrected chi connectivity index (χ3v) is 7.22. The van der Waals surface area contributed by atoms with Gasteiger partial charge in [-0.15, -0.1) is 0 Å². The van der Waals surface area contributed by atoms with Crippen molar-refractivity contribution in [1.29, 1.82) is 0 Å². The Labute approximate surface area is 242 Å². The van der Waals surface area contributed by atoms with Crippen molar-refractivity contribution in [1.82, 2.24) is 14.8 Å². The van der Waals surface area contributed by atoms with E-state index in [0.717, 1.165) is 61.1 Å². The van der Waals surface area contributed by atoms with Crippen molar-refractivity contribution < 1.29 is 39.2 Å². The van der Waals surface area contributed by atoms with Gasteiger partial charge in [-0.05, 0) is 75.6 Å². The average Bonchev–Trinajstić information content (AvgIpc) is 2.96. The number of likely N-dealkylation sites (tertiary alicyclic amines) is 1. The second-order valence-electron chi connectivity index (χ2n) is 10.1. The third kappa shape index (κ3) is 11.6. The number of carbonyl (C=O) groups is 3. The molecule has 0 unspecified atom stereocenters. The highest BCUT2D eigenvalue weighted by Crippen LogP contribution is 2.28. The molecule has 0 saturated carbocycles. The summed E-state index contributed by atoms with van der Waals surface area (Å²) in [6.07, 6.45) is 9.25. The van der Waals surface area contributed by atoms with Gasteiger partial charge in [-0.25, -0.2) is 9.59 Å². The number of ether oxygens (including phenoxy) is 2. The zero-order chi connectivity index (χ0) is 30.2. The third-order valence-electron chi connectivity index (χ3n) is 7.22. The van der Waals surface area contributed by atoms with E-state index in [1.807, 2.05) is 31.2 Å². The summed E-state index contributed by atoms with van der Waals surface area (Å²) in [6.45, 7) is 8.23. The van der Waals surface area contributed by atoms with Crippen LogP contribution in [0.2, 0.25) is 0 Å². The molecule has 0 spiro atoms. The number of methoxy groups -OCH3 is 1. The van der Waals surface area contributed by atoms with Crippen LogP contribution in [0.1, 0.15) is 70.5 Å². The maximum Gasteiger partial charge on any atom is 0.414 e. The molecule has 1 aromatic heterocycles. The van der Waals surface area contributed by atoms with Gasteiger partial charge in [0.25, 0.3) is 0 Å². The number of benzene rings is 1. The molecule has 3 rings (SSSR count). The van der Waals surface area contributed by atoms with Crippen LogP contribution >= 0.6 is 0 Å². The zero-order valence-corrected chi connectivity index (χ0v) is 24.5. The van der Waals surface area contributed by atoms with Gasteiger partial charge in [0.15, 0.2) is 0 Å². The number of nitrogens with zero attached hydrogens (tertiary/aromatic N) is 3. The summed E-state index contributed by atoms with van der Waals surface area (Å²) >= 11 is 0. The number of piperidine rings is 1. The largest absolute Gasteiger partial charge is 0.497 e. The first-order valence-electron chi connectivity index (χ1n) is 14.4. The van der Waals surface area contributed by atoms with Gasteiger partial charge >= 0.3 is 17.9 Å². The summed E-state index contributed by atoms with van der Waals surface area (Å²) < 4.78 is 10.6. The molecule has 11 nitrogen and oxygen atoms in total. The number of hydrogen-bond donors (Lipinski definition) is 3. The quantitative estimate of drug-likeness (QED) is 0.172. The van der Waals surface area contributed by atoms with Gasteiger partial charge in [0.05, 0.1) is 31.9 Å². The number of carboxylic acids is 2. The van der Waals surface area contributed by atoms with Crippen LogP contribution in [0.15, 0.2) is 30.5 Å². The molecule has 0 radical (unpaired) electrons. The van der Waals surface area contributed by atoms with Crippen molar-refractivity contribution in [2.24, 2.45) is 0 Å². The standard InChI is InChI=1S/C28H43N3O4.C2H2O4/c1-4-6-7-8-9-16-31(21-28(33)35-5-2)22-13-17-30(18-14-22)20-27(32)24-12-15-29-26-11-10-23(34-3)19-25(24)26;3-1(4)2(5)6/h10-12,15,19,22,27,32H,4-9,13-14,16-18,20-21H2,1-3H3;(H,3,4)(H,5,6)/t27-;/m0./s1. The molecule has 1 atom stereocenters. The number of esters is 1. The van der Waals surface area contributed by atoms with E-state index < -0.39 is 18.0 Å². The number of carboxylic acid groups (broad SMARTS) is 2. The van der Waals surface area contributed by atoms with Crippen LogP contribution in [0.3, 0.4) is 0 Å². The van der Waals surface area contributed by atoms with Crippen LogP contribution in [0.25, 0.3) is 10.9 Å². The maximum atomic E-state index is 12.2. The lowest BCUT2D eigenvalue weighted by Crippen LogP contribution is -2.47. The molecule has 41 heavy (non-hydrogen) atoms. The summed E-state index contributed by atoms with van der Waals surface area (Å²) in [5, 5.41) is 26.8. The minimum Gasteiger partial charge on any atom is -0.497 e. The van der Waals surface area contributed by atoms with E-state index in [2.05, 4.69) is 21.7 Å². The van der Waals surface area contributed by atoms with E-state index in [0.29, 0.717) is 25.7 Å². The van der Waals surface area contributed by atoms with Crippen LogP contribution in [-0.4, -0.2) is 100 Å². The van der Waals surface area contributed by atoms with Crippen LogP contribution in [0, 0.1) is 0 Å². The summed E-state index contributed by atoms with van der Waals surface area (Å²) in [5.41, 5.74) is 1.74. The predicted molar refractivity (Wildman–Crippen MR) is 155 cm³/mol. The number of unbranched alkanes of at least 4 members (excludes halogenated alkanes) is 4. The number of hydrogen-bond acceptors (Lipinski definition) is 9. The predicted octanol–water partition coefficient (Wildman–Crippen LogP) is 3.73. The molecule has 1 aliphatic rings. The van der Waals surface area contributed by atoms with Crippen LogP contribution < -0.4 is 4.74 Å². The van der Waals surface area contributed by atoms with Gasteiger partial charge in [-0.2, -0.15) is 0 Å². The number of fused-ring (bicyclic) bond motifs is 1. The molecule has 0 aliphatic carbocycles. The van der Waals surface area contributed by atoms with E-state index >= 15 is 0 Å². The van der Waals surface area contributed by atoms with E-state index in [1.54, 1.807) is 13.3 Å². The normalized spacial score (nSPS) is 14.8. The van der Waals surface area contributed by atoms with Crippen molar-refractivity contribution in [3.63, 3.8) is 0 Å². The highest BCUT2D eigenvalue weighted by Gasteiger charge is 2.27. The monoisotopic (exact) mass is 575 g/mol. The molecule has 0 bridgehead atoms. The topological polar surface area (TPSA) is 150 Å². The highest BCUT2D eigenvalue weighted by atomic mass is 16.5. The minimum absolute atomic E-state index is 0.126. The van der Waals surface area contributed by atoms with Crippen LogP contribution in [0.5, 0.6) is 5.75 Å². The number of rotatable bonds is 14. The fraction of sp³-hybridized carbons (Fsp3) is 0.600. The number of β-amino-alcohol motifs (C(OH)–C–C–N with tert-alkyl or cyclic N) is 1. The first-order valence-corrected chi connectivity index (χ1v) is 14.4. The number of carbonyl (C=O) groups excluding carboxylic acids is 1. The second kappa shape index (κ2) is 18.2. The molecule has 228 valence electrons. The van der Waals surface area contributed by atoms with Gasteiger partial charge < -0.3 is 29.7 Å². The first-order chi connectivity index (χ1) is 19.7. The van der Waals surface area contributed by atoms with E-state index in [-0.39, 0.29) is 5.97 Å². The number of aliphatic hydroxyl groups excluding tert-OH is 1. The lowest BCUT2D eigenvalue weighted by atomic mass is 9.99. The lowest BCUT2D eigenvalue weighted by Gasteiger charge is -2.38. The summed E-state index contributed by atoms with van der Waals surface area (Å²) in [6, 6.07) is 8.04. The Bertz CT molecular complexity index is 1090. The molecule has 11 heteroatoms. The minimum atomic E-state index is -1.82. The van der Waals surface area contributed by atoms with Crippen molar-refractivity contribution in [2.45, 2.75) is 70.9 Å². The number of aromatic nitrogens is 1. The van der Waals surface area contributed by atoms with Crippen molar-refractivity contribution in [2.75, 3.05) is 46.4 Å². The van der Waals surface area contributed by atoms with Gasteiger partial charge in [0, 0.05) is 24.2 Å². The Morgan fingerprint density at radius 3 is 2.34 bits per heavy atom. The molecule has 1 saturated heterocycles. The zero-order valence-electron chi connectivity index (χ0n) is 24.5.